The Labute approximate surface area is 181 Å². The molecule has 0 saturated carbocycles. The summed E-state index contributed by atoms with van der Waals surface area (Å²) in [5, 5.41) is 11.3. The number of rotatable bonds is 4. The van der Waals surface area contributed by atoms with Gasteiger partial charge in [0.1, 0.15) is 24.4 Å². The summed E-state index contributed by atoms with van der Waals surface area (Å²) in [5.41, 5.74) is 3.16. The average molecular weight is 419 g/mol. The first kappa shape index (κ1) is 20.3. The Hall–Kier alpha value is -2.61. The van der Waals surface area contributed by atoms with Gasteiger partial charge in [-0.25, -0.2) is 0 Å². The summed E-state index contributed by atoms with van der Waals surface area (Å²) in [6, 6.07) is 25.0. The fourth-order valence-corrected chi connectivity index (χ4v) is 4.07. The second kappa shape index (κ2) is 8.86. The zero-order chi connectivity index (χ0) is 21.2. The van der Waals surface area contributed by atoms with E-state index < -0.39 is 30.9 Å². The maximum atomic E-state index is 11.3. The predicted molar refractivity (Wildman–Crippen MR) is 113 cm³/mol. The molecule has 2 aromatic carbocycles. The summed E-state index contributed by atoms with van der Waals surface area (Å²) in [4.78, 5) is 4.50. The van der Waals surface area contributed by atoms with Crippen molar-refractivity contribution < 1.29 is 24.1 Å². The summed E-state index contributed by atoms with van der Waals surface area (Å²) in [6.45, 7) is 2.23. The Morgan fingerprint density at radius 1 is 0.806 bits per heavy atom. The van der Waals surface area contributed by atoms with Crippen LogP contribution in [0.5, 0.6) is 0 Å². The number of hydrogen-bond acceptors (Lipinski definition) is 6. The van der Waals surface area contributed by atoms with Crippen molar-refractivity contribution in [2.45, 2.75) is 43.9 Å². The van der Waals surface area contributed by atoms with Gasteiger partial charge < -0.3 is 24.1 Å². The molecule has 6 atom stereocenters. The molecule has 31 heavy (non-hydrogen) atoms. The van der Waals surface area contributed by atoms with Gasteiger partial charge in [0.15, 0.2) is 12.6 Å². The van der Waals surface area contributed by atoms with Crippen molar-refractivity contribution in [1.29, 1.82) is 0 Å². The van der Waals surface area contributed by atoms with Gasteiger partial charge in [0.25, 0.3) is 0 Å². The molecule has 5 rings (SSSR count). The van der Waals surface area contributed by atoms with Crippen molar-refractivity contribution in [1.82, 2.24) is 4.98 Å². The van der Waals surface area contributed by atoms with Gasteiger partial charge in [0.05, 0.1) is 12.3 Å². The van der Waals surface area contributed by atoms with Crippen molar-refractivity contribution >= 4 is 0 Å². The van der Waals surface area contributed by atoms with Gasteiger partial charge in [-0.1, -0.05) is 66.7 Å². The SMILES string of the molecule is Cc1cccc(C(O)[C@@H]2OC(c3ccccc3)O[C@@H]3COC(c4ccccc4)O[C@H]32)n1. The van der Waals surface area contributed by atoms with Crippen molar-refractivity contribution in [2.75, 3.05) is 6.61 Å². The zero-order valence-electron chi connectivity index (χ0n) is 17.2. The van der Waals surface area contributed by atoms with Crippen LogP contribution in [0.25, 0.3) is 0 Å². The summed E-state index contributed by atoms with van der Waals surface area (Å²) in [5.74, 6) is 0. The van der Waals surface area contributed by atoms with E-state index >= 15 is 0 Å². The number of aliphatic hydroxyl groups is 1. The molecule has 0 radical (unpaired) electrons. The fourth-order valence-electron chi connectivity index (χ4n) is 4.07. The van der Waals surface area contributed by atoms with Crippen LogP contribution in [0.15, 0.2) is 78.9 Å². The minimum atomic E-state index is -0.975. The quantitative estimate of drug-likeness (QED) is 0.689. The molecule has 0 aliphatic carbocycles. The lowest BCUT2D eigenvalue weighted by atomic mass is 9.97. The third-order valence-electron chi connectivity index (χ3n) is 5.63. The van der Waals surface area contributed by atoms with Crippen LogP contribution in [0, 0.1) is 6.92 Å². The van der Waals surface area contributed by atoms with Crippen LogP contribution in [0.1, 0.15) is 41.2 Å². The van der Waals surface area contributed by atoms with E-state index in [2.05, 4.69) is 4.98 Å². The highest BCUT2D eigenvalue weighted by molar-refractivity contribution is 5.20. The number of ether oxygens (including phenoxy) is 4. The van der Waals surface area contributed by atoms with Crippen LogP contribution in [-0.2, 0) is 18.9 Å². The summed E-state index contributed by atoms with van der Waals surface area (Å²) < 4.78 is 24.7. The van der Waals surface area contributed by atoms with Gasteiger partial charge in [-0.05, 0) is 19.1 Å². The average Bonchev–Trinajstić information content (AvgIpc) is 2.83. The lowest BCUT2D eigenvalue weighted by Gasteiger charge is -2.47. The molecule has 6 nitrogen and oxygen atoms in total. The highest BCUT2D eigenvalue weighted by Gasteiger charge is 2.48. The van der Waals surface area contributed by atoms with Gasteiger partial charge in [0, 0.05) is 16.8 Å². The van der Waals surface area contributed by atoms with E-state index in [0.29, 0.717) is 12.3 Å². The molecule has 2 aliphatic heterocycles. The highest BCUT2D eigenvalue weighted by atomic mass is 16.8. The van der Waals surface area contributed by atoms with Crippen molar-refractivity contribution in [3.05, 3.63) is 101 Å². The number of fused-ring (bicyclic) bond motifs is 1. The lowest BCUT2D eigenvalue weighted by molar-refractivity contribution is -0.373. The molecule has 3 heterocycles. The number of nitrogens with zero attached hydrogens (tertiary/aromatic N) is 1. The molecule has 2 aliphatic rings. The minimum absolute atomic E-state index is 0.335. The van der Waals surface area contributed by atoms with Gasteiger partial charge in [-0.2, -0.15) is 0 Å². The molecule has 160 valence electrons. The minimum Gasteiger partial charge on any atom is -0.384 e. The van der Waals surface area contributed by atoms with Crippen molar-refractivity contribution in [3.63, 3.8) is 0 Å². The van der Waals surface area contributed by atoms with E-state index in [-0.39, 0.29) is 6.10 Å². The molecule has 6 heteroatoms. The summed E-state index contributed by atoms with van der Waals surface area (Å²) in [7, 11) is 0. The Kier molecular flexibility index (Phi) is 5.80. The van der Waals surface area contributed by atoms with Crippen LogP contribution in [-0.4, -0.2) is 35.0 Å². The van der Waals surface area contributed by atoms with Crippen LogP contribution in [0.3, 0.4) is 0 Å². The van der Waals surface area contributed by atoms with Gasteiger partial charge in [-0.15, -0.1) is 0 Å². The molecule has 3 unspecified atom stereocenters. The smallest absolute Gasteiger partial charge is 0.184 e. The molecule has 3 aromatic rings. The van der Waals surface area contributed by atoms with Crippen LogP contribution >= 0.6 is 0 Å². The van der Waals surface area contributed by atoms with Gasteiger partial charge >= 0.3 is 0 Å². The summed E-state index contributed by atoms with van der Waals surface area (Å²) in [6.07, 6.45) is -3.74. The van der Waals surface area contributed by atoms with Crippen molar-refractivity contribution in [2.24, 2.45) is 0 Å². The maximum absolute atomic E-state index is 11.3. The van der Waals surface area contributed by atoms with E-state index in [0.717, 1.165) is 16.8 Å². The Morgan fingerprint density at radius 2 is 1.48 bits per heavy atom. The highest BCUT2D eigenvalue weighted by Crippen LogP contribution is 2.41. The van der Waals surface area contributed by atoms with Crippen LogP contribution in [0.2, 0.25) is 0 Å². The predicted octanol–water partition coefficient (Wildman–Crippen LogP) is 4.02. The first-order chi connectivity index (χ1) is 15.2. The molecular formula is C25H25NO5. The van der Waals surface area contributed by atoms with E-state index in [9.17, 15) is 5.11 Å². The third-order valence-corrected chi connectivity index (χ3v) is 5.63. The summed E-state index contributed by atoms with van der Waals surface area (Å²) >= 11 is 0. The Morgan fingerprint density at radius 3 is 2.16 bits per heavy atom. The Balaban J connectivity index is 1.45. The zero-order valence-corrected chi connectivity index (χ0v) is 17.2. The molecule has 0 amide bonds. The number of aliphatic hydroxyl groups excluding tert-OH is 1. The maximum Gasteiger partial charge on any atom is 0.184 e. The monoisotopic (exact) mass is 419 g/mol. The van der Waals surface area contributed by atoms with Gasteiger partial charge in [-0.3, -0.25) is 4.98 Å². The lowest BCUT2D eigenvalue weighted by Crippen LogP contribution is -2.56. The molecular weight excluding hydrogens is 394 g/mol. The van der Waals surface area contributed by atoms with E-state index in [1.165, 1.54) is 0 Å². The molecule has 1 aromatic heterocycles. The topological polar surface area (TPSA) is 70.0 Å². The fraction of sp³-hybridized carbons (Fsp3) is 0.320. The Bertz CT molecular complexity index is 999. The van der Waals surface area contributed by atoms with E-state index in [4.69, 9.17) is 18.9 Å². The molecule has 0 bridgehead atoms. The number of benzene rings is 2. The number of pyridine rings is 1. The molecule has 2 fully saturated rings. The first-order valence-electron chi connectivity index (χ1n) is 10.5. The van der Waals surface area contributed by atoms with Gasteiger partial charge in [0.2, 0.25) is 0 Å². The molecule has 2 saturated heterocycles. The molecule has 0 spiro atoms. The first-order valence-corrected chi connectivity index (χ1v) is 10.5. The normalized spacial score (nSPS) is 29.2. The number of hydrogen-bond donors (Lipinski definition) is 1. The van der Waals surface area contributed by atoms with Crippen molar-refractivity contribution in [3.8, 4) is 0 Å². The standard InChI is InChI=1S/C25H25NO5/c1-16-9-8-14-19(26-16)21(27)23-22-20(29-25(31-23)18-12-6-3-7-13-18)15-28-24(30-22)17-10-4-2-5-11-17/h2-14,20-25,27H,15H2,1H3/t20-,21?,22-,23+,24?,25?/m1/s1. The third kappa shape index (κ3) is 4.26. The van der Waals surface area contributed by atoms with Crippen LogP contribution in [0.4, 0.5) is 0 Å². The van der Waals surface area contributed by atoms with E-state index in [1.54, 1.807) is 6.07 Å². The van der Waals surface area contributed by atoms with E-state index in [1.807, 2.05) is 79.7 Å². The molecule has 1 N–H and O–H groups in total. The van der Waals surface area contributed by atoms with Crippen LogP contribution < -0.4 is 0 Å². The second-order valence-corrected chi connectivity index (χ2v) is 7.84. The second-order valence-electron chi connectivity index (χ2n) is 7.84. The number of aryl methyl sites for hydroxylation is 1. The largest absolute Gasteiger partial charge is 0.384 e. The number of aromatic nitrogens is 1.